The Kier molecular flexibility index (Phi) is 2.19. The Morgan fingerprint density at radius 3 is 2.57 bits per heavy atom. The molecule has 70 valence electrons. The van der Waals surface area contributed by atoms with E-state index in [9.17, 15) is 9.90 Å². The Bertz CT molecular complexity index is 475. The van der Waals surface area contributed by atoms with E-state index in [4.69, 9.17) is 0 Å². The molecule has 0 amide bonds. The second-order valence-electron chi connectivity index (χ2n) is 3.16. The molecule has 0 saturated heterocycles. The number of phenols is 1. The summed E-state index contributed by atoms with van der Waals surface area (Å²) in [5.41, 5.74) is 0.952. The second kappa shape index (κ2) is 3.50. The molecule has 2 nitrogen and oxygen atoms in total. The van der Waals surface area contributed by atoms with Gasteiger partial charge in [-0.05, 0) is 17.0 Å². The normalized spacial score (nSPS) is 10.3. The minimum Gasteiger partial charge on any atom is -0.507 e. The van der Waals surface area contributed by atoms with Crippen molar-refractivity contribution in [2.75, 3.05) is 0 Å². The number of phenolic OH excluding ortho intramolecular Hbond substituents is 1. The molecule has 0 saturated carbocycles. The van der Waals surface area contributed by atoms with Gasteiger partial charge in [0.1, 0.15) is 12.0 Å². The van der Waals surface area contributed by atoms with Crippen LogP contribution < -0.4 is 0 Å². The van der Waals surface area contributed by atoms with E-state index in [1.807, 2.05) is 24.3 Å². The van der Waals surface area contributed by atoms with Crippen molar-refractivity contribution in [3.05, 3.63) is 42.0 Å². The SMILES string of the molecule is O=CCc1cccc2c(O)cccc12. The number of hydrogen-bond donors (Lipinski definition) is 1. The van der Waals surface area contributed by atoms with Gasteiger partial charge in [-0.25, -0.2) is 0 Å². The minimum absolute atomic E-state index is 0.259. The van der Waals surface area contributed by atoms with Crippen molar-refractivity contribution in [1.82, 2.24) is 0 Å². The van der Waals surface area contributed by atoms with Gasteiger partial charge in [0, 0.05) is 11.8 Å². The molecule has 14 heavy (non-hydrogen) atoms. The van der Waals surface area contributed by atoms with Crippen molar-refractivity contribution in [3.8, 4) is 5.75 Å². The van der Waals surface area contributed by atoms with Gasteiger partial charge in [0.05, 0.1) is 0 Å². The fourth-order valence-corrected chi connectivity index (χ4v) is 1.63. The first-order chi connectivity index (χ1) is 6.83. The van der Waals surface area contributed by atoms with Gasteiger partial charge < -0.3 is 9.90 Å². The Hall–Kier alpha value is -1.83. The number of carbonyl (C=O) groups is 1. The summed E-state index contributed by atoms with van der Waals surface area (Å²) in [6.07, 6.45) is 1.26. The minimum atomic E-state index is 0.259. The molecule has 0 radical (unpaired) electrons. The molecular formula is C12H10O2. The zero-order valence-electron chi connectivity index (χ0n) is 7.60. The molecule has 0 heterocycles. The summed E-state index contributed by atoms with van der Waals surface area (Å²) in [4.78, 5) is 10.4. The highest BCUT2D eigenvalue weighted by atomic mass is 16.3. The topological polar surface area (TPSA) is 37.3 Å². The molecule has 0 aliphatic carbocycles. The predicted octanol–water partition coefficient (Wildman–Crippen LogP) is 2.29. The van der Waals surface area contributed by atoms with E-state index >= 15 is 0 Å². The van der Waals surface area contributed by atoms with Gasteiger partial charge in [-0.2, -0.15) is 0 Å². The van der Waals surface area contributed by atoms with Crippen molar-refractivity contribution in [2.45, 2.75) is 6.42 Å². The fraction of sp³-hybridized carbons (Fsp3) is 0.0833. The Balaban J connectivity index is 2.74. The maximum absolute atomic E-state index is 10.4. The zero-order chi connectivity index (χ0) is 9.97. The molecule has 0 aliphatic heterocycles. The first-order valence-corrected chi connectivity index (χ1v) is 4.46. The van der Waals surface area contributed by atoms with Crippen molar-refractivity contribution in [2.24, 2.45) is 0 Å². The third-order valence-corrected chi connectivity index (χ3v) is 2.29. The second-order valence-corrected chi connectivity index (χ2v) is 3.16. The van der Waals surface area contributed by atoms with Crippen LogP contribution in [0.5, 0.6) is 5.75 Å². The molecule has 2 aromatic rings. The first kappa shape index (κ1) is 8.75. The van der Waals surface area contributed by atoms with E-state index in [1.54, 1.807) is 12.1 Å². The van der Waals surface area contributed by atoms with E-state index in [0.29, 0.717) is 6.42 Å². The van der Waals surface area contributed by atoms with Gasteiger partial charge >= 0.3 is 0 Å². The van der Waals surface area contributed by atoms with Gasteiger partial charge in [-0.1, -0.05) is 30.3 Å². The standard InChI is InChI=1S/C12H10O2/c13-8-7-9-3-1-5-11-10(9)4-2-6-12(11)14/h1-6,8,14H,7H2. The lowest BCUT2D eigenvalue weighted by molar-refractivity contribution is -0.107. The van der Waals surface area contributed by atoms with Gasteiger partial charge in [0.2, 0.25) is 0 Å². The van der Waals surface area contributed by atoms with Crippen molar-refractivity contribution < 1.29 is 9.90 Å². The predicted molar refractivity (Wildman–Crippen MR) is 55.4 cm³/mol. The number of carbonyl (C=O) groups excluding carboxylic acids is 1. The molecule has 0 fully saturated rings. The quantitative estimate of drug-likeness (QED) is 0.730. The summed E-state index contributed by atoms with van der Waals surface area (Å²) in [6, 6.07) is 10.9. The zero-order valence-corrected chi connectivity index (χ0v) is 7.60. The highest BCUT2D eigenvalue weighted by Crippen LogP contribution is 2.26. The molecule has 0 aromatic heterocycles. The highest BCUT2D eigenvalue weighted by Gasteiger charge is 2.02. The van der Waals surface area contributed by atoms with Gasteiger partial charge in [0.25, 0.3) is 0 Å². The van der Waals surface area contributed by atoms with Crippen LogP contribution in [-0.2, 0) is 11.2 Å². The summed E-state index contributed by atoms with van der Waals surface area (Å²) in [7, 11) is 0. The molecule has 0 unspecified atom stereocenters. The molecule has 0 aliphatic rings. The van der Waals surface area contributed by atoms with E-state index in [-0.39, 0.29) is 5.75 Å². The third kappa shape index (κ3) is 1.35. The maximum atomic E-state index is 10.4. The maximum Gasteiger partial charge on any atom is 0.124 e. The van der Waals surface area contributed by atoms with Gasteiger partial charge in [-0.3, -0.25) is 0 Å². The van der Waals surface area contributed by atoms with Crippen LogP contribution in [0.1, 0.15) is 5.56 Å². The lowest BCUT2D eigenvalue weighted by atomic mass is 10.0. The number of fused-ring (bicyclic) bond motifs is 1. The number of rotatable bonds is 2. The Morgan fingerprint density at radius 2 is 1.79 bits per heavy atom. The van der Waals surface area contributed by atoms with Gasteiger partial charge in [0.15, 0.2) is 0 Å². The summed E-state index contributed by atoms with van der Waals surface area (Å²) in [6.45, 7) is 0. The van der Waals surface area contributed by atoms with Crippen LogP contribution in [0.4, 0.5) is 0 Å². The smallest absolute Gasteiger partial charge is 0.124 e. The number of aromatic hydroxyl groups is 1. The van der Waals surface area contributed by atoms with Crippen LogP contribution in [0.2, 0.25) is 0 Å². The summed E-state index contributed by atoms with van der Waals surface area (Å²) < 4.78 is 0. The van der Waals surface area contributed by atoms with Gasteiger partial charge in [-0.15, -0.1) is 0 Å². The fourth-order valence-electron chi connectivity index (χ4n) is 1.63. The molecule has 2 aromatic carbocycles. The molecule has 0 bridgehead atoms. The van der Waals surface area contributed by atoms with Crippen LogP contribution in [-0.4, -0.2) is 11.4 Å². The Labute approximate surface area is 81.8 Å². The van der Waals surface area contributed by atoms with Crippen LogP contribution in [0, 0.1) is 0 Å². The van der Waals surface area contributed by atoms with Crippen LogP contribution in [0.15, 0.2) is 36.4 Å². The lowest BCUT2D eigenvalue weighted by Crippen LogP contribution is -1.87. The van der Waals surface area contributed by atoms with Crippen molar-refractivity contribution >= 4 is 17.1 Å². The average molecular weight is 186 g/mol. The van der Waals surface area contributed by atoms with Crippen molar-refractivity contribution in [3.63, 3.8) is 0 Å². The number of aldehydes is 1. The van der Waals surface area contributed by atoms with E-state index < -0.39 is 0 Å². The number of benzene rings is 2. The summed E-state index contributed by atoms with van der Waals surface area (Å²) in [5, 5.41) is 11.3. The lowest BCUT2D eigenvalue weighted by Gasteiger charge is -2.04. The van der Waals surface area contributed by atoms with E-state index in [2.05, 4.69) is 0 Å². The number of hydrogen-bond acceptors (Lipinski definition) is 2. The molecule has 0 spiro atoms. The average Bonchev–Trinajstić information content (AvgIpc) is 2.20. The highest BCUT2D eigenvalue weighted by molar-refractivity contribution is 5.91. The van der Waals surface area contributed by atoms with Crippen LogP contribution in [0.3, 0.4) is 0 Å². The first-order valence-electron chi connectivity index (χ1n) is 4.46. The molecule has 1 N–H and O–H groups in total. The van der Waals surface area contributed by atoms with E-state index in [1.165, 1.54) is 0 Å². The van der Waals surface area contributed by atoms with E-state index in [0.717, 1.165) is 22.6 Å². The summed E-state index contributed by atoms with van der Waals surface area (Å²) >= 11 is 0. The Morgan fingerprint density at radius 1 is 1.07 bits per heavy atom. The largest absolute Gasteiger partial charge is 0.507 e. The molecule has 2 rings (SSSR count). The van der Waals surface area contributed by atoms with Crippen molar-refractivity contribution in [1.29, 1.82) is 0 Å². The molecule has 2 heteroatoms. The van der Waals surface area contributed by atoms with Crippen LogP contribution >= 0.6 is 0 Å². The van der Waals surface area contributed by atoms with Crippen LogP contribution in [0.25, 0.3) is 10.8 Å². The molecular weight excluding hydrogens is 176 g/mol. The third-order valence-electron chi connectivity index (χ3n) is 2.29. The monoisotopic (exact) mass is 186 g/mol. The molecule has 0 atom stereocenters. The summed E-state index contributed by atoms with van der Waals surface area (Å²) in [5.74, 6) is 0.259.